The Morgan fingerprint density at radius 3 is 2.94 bits per heavy atom. The van der Waals surface area contributed by atoms with Crippen LogP contribution in [0.2, 0.25) is 0 Å². The Labute approximate surface area is 108 Å². The van der Waals surface area contributed by atoms with Gasteiger partial charge in [-0.3, -0.25) is 0 Å². The van der Waals surface area contributed by atoms with E-state index in [1.807, 2.05) is 13.0 Å². The second-order valence-electron chi connectivity index (χ2n) is 3.75. The zero-order chi connectivity index (χ0) is 13.0. The number of nitrogens with zero attached hydrogens (tertiary/aromatic N) is 2. The highest BCUT2D eigenvalue weighted by Gasteiger charge is 2.04. The maximum absolute atomic E-state index is 13.1. The summed E-state index contributed by atoms with van der Waals surface area (Å²) in [5.41, 5.74) is 3.06. The summed E-state index contributed by atoms with van der Waals surface area (Å²) in [5, 5.41) is 8.72. The van der Waals surface area contributed by atoms with Crippen molar-refractivity contribution in [2.24, 2.45) is 0 Å². The number of aryl methyl sites for hydroxylation is 1. The molecule has 1 aromatic heterocycles. The normalized spacial score (nSPS) is 10.1. The van der Waals surface area contributed by atoms with E-state index >= 15 is 0 Å². The standard InChI is InChI=1S/C13H11FN2OS/c1-9-13(18-8-16-9)2-3-17-12-5-10(7-15)4-11(14)6-12/h4-6,8H,2-3H2,1H3. The molecule has 18 heavy (non-hydrogen) atoms. The van der Waals surface area contributed by atoms with Crippen LogP contribution in [0.3, 0.4) is 0 Å². The molecule has 0 aliphatic carbocycles. The van der Waals surface area contributed by atoms with Crippen LogP contribution in [-0.2, 0) is 6.42 Å². The first-order valence-electron chi connectivity index (χ1n) is 5.41. The number of halogens is 1. The molecule has 0 bridgehead atoms. The number of rotatable bonds is 4. The summed E-state index contributed by atoms with van der Waals surface area (Å²) in [7, 11) is 0. The van der Waals surface area contributed by atoms with Crippen molar-refractivity contribution in [3.05, 3.63) is 45.7 Å². The number of benzene rings is 1. The van der Waals surface area contributed by atoms with Gasteiger partial charge in [0, 0.05) is 17.4 Å². The third-order valence-electron chi connectivity index (χ3n) is 2.44. The van der Waals surface area contributed by atoms with Gasteiger partial charge in [-0.05, 0) is 19.1 Å². The Bertz CT molecular complexity index is 589. The molecule has 0 saturated heterocycles. The van der Waals surface area contributed by atoms with Crippen molar-refractivity contribution in [3.8, 4) is 11.8 Å². The summed E-state index contributed by atoms with van der Waals surface area (Å²) in [6.07, 6.45) is 0.731. The van der Waals surface area contributed by atoms with Gasteiger partial charge in [0.05, 0.1) is 29.4 Å². The molecule has 0 aliphatic rings. The highest BCUT2D eigenvalue weighted by Crippen LogP contribution is 2.17. The summed E-state index contributed by atoms with van der Waals surface area (Å²) in [4.78, 5) is 5.30. The summed E-state index contributed by atoms with van der Waals surface area (Å²) in [6.45, 7) is 2.39. The molecule has 1 heterocycles. The minimum absolute atomic E-state index is 0.263. The minimum Gasteiger partial charge on any atom is -0.493 e. The van der Waals surface area contributed by atoms with Crippen LogP contribution >= 0.6 is 11.3 Å². The molecule has 5 heteroatoms. The Hall–Kier alpha value is -1.93. The fourth-order valence-corrected chi connectivity index (χ4v) is 2.30. The van der Waals surface area contributed by atoms with Crippen LogP contribution < -0.4 is 4.74 Å². The molecule has 0 radical (unpaired) electrons. The topological polar surface area (TPSA) is 45.9 Å². The smallest absolute Gasteiger partial charge is 0.128 e. The number of hydrogen-bond acceptors (Lipinski definition) is 4. The third kappa shape index (κ3) is 3.05. The number of thiazole rings is 1. The molecule has 3 nitrogen and oxygen atoms in total. The van der Waals surface area contributed by atoms with Crippen molar-refractivity contribution in [1.82, 2.24) is 4.98 Å². The fourth-order valence-electron chi connectivity index (χ4n) is 1.54. The van der Waals surface area contributed by atoms with Gasteiger partial charge in [0.25, 0.3) is 0 Å². The lowest BCUT2D eigenvalue weighted by atomic mass is 10.2. The van der Waals surface area contributed by atoms with Crippen LogP contribution in [0.25, 0.3) is 0 Å². The first-order valence-corrected chi connectivity index (χ1v) is 6.29. The van der Waals surface area contributed by atoms with Gasteiger partial charge in [0.1, 0.15) is 11.6 Å². The molecule has 0 saturated carbocycles. The molecule has 92 valence electrons. The van der Waals surface area contributed by atoms with Gasteiger partial charge in [-0.1, -0.05) is 0 Å². The molecule has 0 spiro atoms. The average molecular weight is 262 g/mol. The van der Waals surface area contributed by atoms with Crippen LogP contribution in [0.5, 0.6) is 5.75 Å². The Morgan fingerprint density at radius 1 is 1.44 bits per heavy atom. The Balaban J connectivity index is 1.97. The van der Waals surface area contributed by atoms with E-state index in [9.17, 15) is 4.39 Å². The number of ether oxygens (including phenoxy) is 1. The first-order chi connectivity index (χ1) is 8.69. The molecule has 2 rings (SSSR count). The summed E-state index contributed by atoms with van der Waals surface area (Å²) in [5.74, 6) is -0.0771. The molecule has 0 amide bonds. The van der Waals surface area contributed by atoms with Crippen molar-refractivity contribution in [2.45, 2.75) is 13.3 Å². The van der Waals surface area contributed by atoms with E-state index in [1.54, 1.807) is 16.8 Å². The van der Waals surface area contributed by atoms with Gasteiger partial charge < -0.3 is 4.74 Å². The second kappa shape index (κ2) is 5.61. The number of aromatic nitrogens is 1. The monoisotopic (exact) mass is 262 g/mol. The van der Waals surface area contributed by atoms with E-state index in [1.165, 1.54) is 18.2 Å². The van der Waals surface area contributed by atoms with Crippen LogP contribution in [0.4, 0.5) is 4.39 Å². The van der Waals surface area contributed by atoms with Crippen molar-refractivity contribution >= 4 is 11.3 Å². The van der Waals surface area contributed by atoms with Crippen molar-refractivity contribution in [1.29, 1.82) is 5.26 Å². The summed E-state index contributed by atoms with van der Waals surface area (Å²) in [6, 6.07) is 5.88. The minimum atomic E-state index is -0.460. The quantitative estimate of drug-likeness (QED) is 0.850. The molecule has 0 fully saturated rings. The maximum atomic E-state index is 13.1. The van der Waals surface area contributed by atoms with E-state index in [0.717, 1.165) is 17.0 Å². The first kappa shape index (κ1) is 12.5. The predicted molar refractivity (Wildman–Crippen MR) is 67.2 cm³/mol. The van der Waals surface area contributed by atoms with E-state index in [-0.39, 0.29) is 5.56 Å². The lowest BCUT2D eigenvalue weighted by Gasteiger charge is -2.06. The van der Waals surface area contributed by atoms with Crippen LogP contribution in [-0.4, -0.2) is 11.6 Å². The van der Waals surface area contributed by atoms with Gasteiger partial charge in [-0.2, -0.15) is 5.26 Å². The van der Waals surface area contributed by atoms with Crippen LogP contribution in [0.1, 0.15) is 16.1 Å². The van der Waals surface area contributed by atoms with Crippen molar-refractivity contribution < 1.29 is 9.13 Å². The third-order valence-corrected chi connectivity index (χ3v) is 3.44. The van der Waals surface area contributed by atoms with Gasteiger partial charge in [-0.25, -0.2) is 9.37 Å². The van der Waals surface area contributed by atoms with Crippen LogP contribution in [0.15, 0.2) is 23.7 Å². The maximum Gasteiger partial charge on any atom is 0.128 e. The largest absolute Gasteiger partial charge is 0.493 e. The van der Waals surface area contributed by atoms with Crippen LogP contribution in [0, 0.1) is 24.1 Å². The van der Waals surface area contributed by atoms with Gasteiger partial charge in [0.15, 0.2) is 0 Å². The zero-order valence-corrected chi connectivity index (χ0v) is 10.6. The summed E-state index contributed by atoms with van der Waals surface area (Å²) < 4.78 is 18.6. The molecule has 0 unspecified atom stereocenters. The molecule has 0 N–H and O–H groups in total. The molecule has 0 aliphatic heterocycles. The highest BCUT2D eigenvalue weighted by atomic mass is 32.1. The molecular weight excluding hydrogens is 251 g/mol. The number of hydrogen-bond donors (Lipinski definition) is 0. The van der Waals surface area contributed by atoms with E-state index in [0.29, 0.717) is 12.4 Å². The van der Waals surface area contributed by atoms with Crippen molar-refractivity contribution in [3.63, 3.8) is 0 Å². The molecule has 2 aromatic rings. The zero-order valence-electron chi connectivity index (χ0n) is 9.81. The van der Waals surface area contributed by atoms with Crippen molar-refractivity contribution in [2.75, 3.05) is 6.61 Å². The van der Waals surface area contributed by atoms with E-state index in [4.69, 9.17) is 10.00 Å². The SMILES string of the molecule is Cc1ncsc1CCOc1cc(F)cc(C#N)c1. The fraction of sp³-hybridized carbons (Fsp3) is 0.231. The Morgan fingerprint density at radius 2 is 2.28 bits per heavy atom. The van der Waals surface area contributed by atoms with Gasteiger partial charge in [-0.15, -0.1) is 11.3 Å². The van der Waals surface area contributed by atoms with E-state index < -0.39 is 5.82 Å². The lowest BCUT2D eigenvalue weighted by molar-refractivity contribution is 0.321. The molecular formula is C13H11FN2OS. The number of nitriles is 1. The Kier molecular flexibility index (Phi) is 3.90. The molecule has 1 aromatic carbocycles. The van der Waals surface area contributed by atoms with E-state index in [2.05, 4.69) is 4.98 Å². The lowest BCUT2D eigenvalue weighted by Crippen LogP contribution is -2.01. The predicted octanol–water partition coefficient (Wildman–Crippen LogP) is 3.08. The van der Waals surface area contributed by atoms with Gasteiger partial charge >= 0.3 is 0 Å². The van der Waals surface area contributed by atoms with Gasteiger partial charge in [0.2, 0.25) is 0 Å². The highest BCUT2D eigenvalue weighted by molar-refractivity contribution is 7.09. The summed E-state index contributed by atoms with van der Waals surface area (Å²) >= 11 is 1.58. The average Bonchev–Trinajstić information content (AvgIpc) is 2.74. The second-order valence-corrected chi connectivity index (χ2v) is 4.69. The molecule has 0 atom stereocenters.